The molecular formula is C38H46ClN5O3. The zero-order valence-electron chi connectivity index (χ0n) is 27.1. The van der Waals surface area contributed by atoms with Crippen LogP contribution in [0.2, 0.25) is 5.02 Å². The molecular weight excluding hydrogens is 610 g/mol. The first kappa shape index (κ1) is 33.2. The van der Waals surface area contributed by atoms with E-state index in [0.717, 1.165) is 67.4 Å². The second-order valence-electron chi connectivity index (χ2n) is 13.5. The van der Waals surface area contributed by atoms with Crippen molar-refractivity contribution in [3.63, 3.8) is 0 Å². The second-order valence-corrected chi connectivity index (χ2v) is 14.0. The normalized spacial score (nSPS) is 21.4. The van der Waals surface area contributed by atoms with Crippen molar-refractivity contribution in [2.24, 2.45) is 5.73 Å². The van der Waals surface area contributed by atoms with Crippen LogP contribution in [0.1, 0.15) is 60.8 Å². The number of carbonyl (C=O) groups is 3. The predicted octanol–water partition coefficient (Wildman–Crippen LogP) is 4.37. The Bertz CT molecular complexity index is 1550. The molecule has 3 aromatic rings. The Balaban J connectivity index is 1.13. The number of piperazine rings is 1. The summed E-state index contributed by atoms with van der Waals surface area (Å²) in [4.78, 5) is 45.3. The Morgan fingerprint density at radius 3 is 2.21 bits per heavy atom. The first-order chi connectivity index (χ1) is 22.8. The van der Waals surface area contributed by atoms with Gasteiger partial charge in [-0.05, 0) is 60.1 Å². The van der Waals surface area contributed by atoms with Crippen molar-refractivity contribution in [3.05, 3.63) is 106 Å². The van der Waals surface area contributed by atoms with E-state index >= 15 is 0 Å². The maximum absolute atomic E-state index is 14.2. The van der Waals surface area contributed by atoms with Crippen molar-refractivity contribution in [1.29, 1.82) is 0 Å². The van der Waals surface area contributed by atoms with Crippen molar-refractivity contribution in [1.82, 2.24) is 20.4 Å². The SMILES string of the molecule is NC1(C(=O)N[C@H](Cc2ccc(Cl)cc2)C(=O)N2CCN(C3(CNC(=O)Cc4ccccc4)CCCCC3)CC2)CCc2ccccc21. The van der Waals surface area contributed by atoms with Crippen LogP contribution in [0.25, 0.3) is 0 Å². The van der Waals surface area contributed by atoms with Gasteiger partial charge >= 0.3 is 0 Å². The summed E-state index contributed by atoms with van der Waals surface area (Å²) in [5, 5.41) is 6.96. The Hall–Kier alpha value is -3.72. The van der Waals surface area contributed by atoms with Gasteiger partial charge in [-0.15, -0.1) is 0 Å². The standard InChI is InChI=1S/C38H46ClN5O3/c39-31-15-13-29(14-16-31)25-33(42-36(47)38(40)20-17-30-11-5-6-12-32(30)38)35(46)43-21-23-44(24-22-43)37(18-7-2-8-19-37)27-41-34(45)26-28-9-3-1-4-10-28/h1,3-6,9-16,33H,2,7-8,17-27,40H2,(H,41,45)(H,42,47)/t33-,38?/m1/s1. The Morgan fingerprint density at radius 2 is 1.49 bits per heavy atom. The van der Waals surface area contributed by atoms with E-state index in [4.69, 9.17) is 17.3 Å². The molecule has 1 saturated carbocycles. The van der Waals surface area contributed by atoms with Crippen molar-refractivity contribution >= 4 is 29.3 Å². The van der Waals surface area contributed by atoms with Crippen LogP contribution in [0.5, 0.6) is 0 Å². The van der Waals surface area contributed by atoms with E-state index in [0.29, 0.717) is 43.9 Å². The van der Waals surface area contributed by atoms with Gasteiger partial charge in [0.1, 0.15) is 11.6 Å². The van der Waals surface area contributed by atoms with E-state index in [-0.39, 0.29) is 23.3 Å². The molecule has 3 amide bonds. The van der Waals surface area contributed by atoms with Crippen LogP contribution >= 0.6 is 11.6 Å². The monoisotopic (exact) mass is 655 g/mol. The average Bonchev–Trinajstić information content (AvgIpc) is 3.46. The van der Waals surface area contributed by atoms with Crippen LogP contribution < -0.4 is 16.4 Å². The molecule has 9 heteroatoms. The molecule has 0 aromatic heterocycles. The van der Waals surface area contributed by atoms with Gasteiger partial charge in [-0.3, -0.25) is 19.3 Å². The summed E-state index contributed by atoms with van der Waals surface area (Å²) in [7, 11) is 0. The summed E-state index contributed by atoms with van der Waals surface area (Å²) in [5.41, 5.74) is 9.31. The zero-order valence-corrected chi connectivity index (χ0v) is 27.8. The number of hydrogen-bond acceptors (Lipinski definition) is 5. The van der Waals surface area contributed by atoms with Gasteiger partial charge in [-0.2, -0.15) is 0 Å². The van der Waals surface area contributed by atoms with Gasteiger partial charge in [0.05, 0.1) is 6.42 Å². The van der Waals surface area contributed by atoms with Gasteiger partial charge in [0.15, 0.2) is 0 Å². The van der Waals surface area contributed by atoms with E-state index in [1.807, 2.05) is 71.6 Å². The smallest absolute Gasteiger partial charge is 0.245 e. The average molecular weight is 656 g/mol. The van der Waals surface area contributed by atoms with Crippen LogP contribution in [0, 0.1) is 0 Å². The molecule has 6 rings (SSSR count). The Morgan fingerprint density at radius 1 is 0.809 bits per heavy atom. The summed E-state index contributed by atoms with van der Waals surface area (Å²) >= 11 is 6.14. The molecule has 3 aromatic carbocycles. The number of aryl methyl sites for hydroxylation is 1. The molecule has 2 aliphatic carbocycles. The highest BCUT2D eigenvalue weighted by atomic mass is 35.5. The van der Waals surface area contributed by atoms with Crippen molar-refractivity contribution in [3.8, 4) is 0 Å². The van der Waals surface area contributed by atoms with Crippen LogP contribution in [-0.4, -0.2) is 71.8 Å². The van der Waals surface area contributed by atoms with Gasteiger partial charge in [0, 0.05) is 49.7 Å². The highest BCUT2D eigenvalue weighted by Crippen LogP contribution is 2.36. The molecule has 1 heterocycles. The summed E-state index contributed by atoms with van der Waals surface area (Å²) in [5.74, 6) is -0.379. The van der Waals surface area contributed by atoms with Crippen molar-refractivity contribution in [2.75, 3.05) is 32.7 Å². The predicted molar refractivity (Wildman–Crippen MR) is 185 cm³/mol. The lowest BCUT2D eigenvalue weighted by molar-refractivity contribution is -0.140. The number of hydrogen-bond donors (Lipinski definition) is 3. The second kappa shape index (κ2) is 14.6. The largest absolute Gasteiger partial charge is 0.354 e. The van der Waals surface area contributed by atoms with Gasteiger partial charge in [0.2, 0.25) is 17.7 Å². The number of halogens is 1. The number of rotatable bonds is 10. The van der Waals surface area contributed by atoms with Crippen LogP contribution in [-0.2, 0) is 39.2 Å². The summed E-state index contributed by atoms with van der Waals surface area (Å²) in [6.07, 6.45) is 7.47. The maximum atomic E-state index is 14.2. The molecule has 0 radical (unpaired) electrons. The third-order valence-corrected chi connectivity index (χ3v) is 10.8. The molecule has 1 saturated heterocycles. The Kier molecular flexibility index (Phi) is 10.3. The minimum Gasteiger partial charge on any atom is -0.354 e. The fourth-order valence-corrected chi connectivity index (χ4v) is 7.89. The maximum Gasteiger partial charge on any atom is 0.245 e. The molecule has 1 unspecified atom stereocenters. The van der Waals surface area contributed by atoms with E-state index in [9.17, 15) is 14.4 Å². The topological polar surface area (TPSA) is 108 Å². The van der Waals surface area contributed by atoms with E-state index in [1.165, 1.54) is 6.42 Å². The Labute approximate surface area is 283 Å². The van der Waals surface area contributed by atoms with Crippen LogP contribution in [0.4, 0.5) is 0 Å². The highest BCUT2D eigenvalue weighted by molar-refractivity contribution is 6.30. The first-order valence-electron chi connectivity index (χ1n) is 17.0. The minimum absolute atomic E-state index is 0.0401. The molecule has 1 aliphatic heterocycles. The molecule has 2 fully saturated rings. The first-order valence-corrected chi connectivity index (χ1v) is 17.4. The molecule has 2 atom stereocenters. The van der Waals surface area contributed by atoms with Crippen LogP contribution in [0.15, 0.2) is 78.9 Å². The van der Waals surface area contributed by atoms with Crippen molar-refractivity contribution in [2.45, 2.75) is 74.9 Å². The van der Waals surface area contributed by atoms with Crippen LogP contribution in [0.3, 0.4) is 0 Å². The zero-order chi connectivity index (χ0) is 32.9. The number of amides is 3. The van der Waals surface area contributed by atoms with Gasteiger partial charge in [-0.25, -0.2) is 0 Å². The quantitative estimate of drug-likeness (QED) is 0.301. The third-order valence-electron chi connectivity index (χ3n) is 10.5. The number of nitrogens with one attached hydrogen (secondary N) is 2. The minimum atomic E-state index is -1.17. The summed E-state index contributed by atoms with van der Waals surface area (Å²) in [6, 6.07) is 24.3. The molecule has 47 heavy (non-hydrogen) atoms. The van der Waals surface area contributed by atoms with E-state index in [2.05, 4.69) is 15.5 Å². The lowest BCUT2D eigenvalue weighted by Gasteiger charge is -2.50. The molecule has 4 N–H and O–H groups in total. The lowest BCUT2D eigenvalue weighted by atomic mass is 9.79. The van der Waals surface area contributed by atoms with E-state index in [1.54, 1.807) is 12.1 Å². The van der Waals surface area contributed by atoms with Gasteiger partial charge < -0.3 is 21.3 Å². The van der Waals surface area contributed by atoms with Gasteiger partial charge in [0.25, 0.3) is 0 Å². The molecule has 248 valence electrons. The fraction of sp³-hybridized carbons (Fsp3) is 0.447. The highest BCUT2D eigenvalue weighted by Gasteiger charge is 2.44. The number of nitrogens with zero attached hydrogens (tertiary/aromatic N) is 2. The third kappa shape index (κ3) is 7.56. The number of benzene rings is 3. The summed E-state index contributed by atoms with van der Waals surface area (Å²) < 4.78 is 0. The number of fused-ring (bicyclic) bond motifs is 1. The number of carbonyl (C=O) groups excluding carboxylic acids is 3. The molecule has 8 nitrogen and oxygen atoms in total. The van der Waals surface area contributed by atoms with Crippen molar-refractivity contribution < 1.29 is 14.4 Å². The molecule has 3 aliphatic rings. The molecule has 0 bridgehead atoms. The summed E-state index contributed by atoms with van der Waals surface area (Å²) in [6.45, 7) is 3.17. The number of nitrogens with two attached hydrogens (primary N) is 1. The van der Waals surface area contributed by atoms with E-state index < -0.39 is 11.6 Å². The fourth-order valence-electron chi connectivity index (χ4n) is 7.76. The molecule has 0 spiro atoms. The lowest BCUT2D eigenvalue weighted by Crippen LogP contribution is -2.64. The van der Waals surface area contributed by atoms with Gasteiger partial charge in [-0.1, -0.05) is 97.6 Å².